The number of aliphatic hydroxyl groups is 1. The number of nitrogens with two attached hydrogens (primary N) is 1. The second kappa shape index (κ2) is 4.94. The van der Waals surface area contributed by atoms with Crippen LogP contribution in [0, 0.1) is 0 Å². The van der Waals surface area contributed by atoms with Crippen LogP contribution in [-0.2, 0) is 0 Å². The summed E-state index contributed by atoms with van der Waals surface area (Å²) in [7, 11) is 0. The van der Waals surface area contributed by atoms with Gasteiger partial charge in [-0.2, -0.15) is 0 Å². The Morgan fingerprint density at radius 3 is 2.92 bits per heavy atom. The lowest BCUT2D eigenvalue weighted by molar-refractivity contribution is 0.0936. The smallest absolute Gasteiger partial charge is 0.0623 e. The molecule has 0 bridgehead atoms. The van der Waals surface area contributed by atoms with Crippen LogP contribution in [0.3, 0.4) is 0 Å². The number of nitrogens with zero attached hydrogens (tertiary/aromatic N) is 1. The summed E-state index contributed by atoms with van der Waals surface area (Å²) in [6.07, 6.45) is 4.56. The second-order valence-corrected chi connectivity index (χ2v) is 4.25. The number of hydrogen-bond donors (Lipinski definition) is 2. The molecule has 3 nitrogen and oxygen atoms in total. The Balaban J connectivity index is 2.33. The molecule has 1 fully saturated rings. The van der Waals surface area contributed by atoms with Crippen LogP contribution in [-0.4, -0.2) is 41.8 Å². The molecule has 1 saturated heterocycles. The molecule has 1 heterocycles. The Morgan fingerprint density at radius 1 is 1.54 bits per heavy atom. The minimum absolute atomic E-state index is 0.121. The molecule has 3 N–H and O–H groups in total. The maximum atomic E-state index is 9.14. The number of aliphatic hydroxyl groups excluding tert-OH is 1. The molecule has 78 valence electrons. The van der Waals surface area contributed by atoms with E-state index in [9.17, 15) is 0 Å². The lowest BCUT2D eigenvalue weighted by atomic mass is 9.91. The predicted molar refractivity (Wildman–Crippen MR) is 54.6 cm³/mol. The molecular formula is C10H22N2O. The van der Waals surface area contributed by atoms with E-state index in [1.165, 1.54) is 12.8 Å². The van der Waals surface area contributed by atoms with Crippen molar-refractivity contribution in [1.29, 1.82) is 0 Å². The molecule has 1 rings (SSSR count). The van der Waals surface area contributed by atoms with Crippen LogP contribution in [0.1, 0.15) is 32.6 Å². The fraction of sp³-hybridized carbons (Fsp3) is 1.00. The van der Waals surface area contributed by atoms with Crippen molar-refractivity contribution in [3.05, 3.63) is 0 Å². The van der Waals surface area contributed by atoms with Gasteiger partial charge in [-0.15, -0.1) is 0 Å². The zero-order valence-electron chi connectivity index (χ0n) is 8.63. The lowest BCUT2D eigenvalue weighted by Crippen LogP contribution is -2.56. The van der Waals surface area contributed by atoms with Crippen LogP contribution >= 0.6 is 0 Å². The molecule has 0 aromatic carbocycles. The molecule has 1 aliphatic rings. The van der Waals surface area contributed by atoms with E-state index in [0.29, 0.717) is 0 Å². The van der Waals surface area contributed by atoms with Gasteiger partial charge < -0.3 is 15.7 Å². The maximum Gasteiger partial charge on any atom is 0.0623 e. The Morgan fingerprint density at radius 2 is 2.31 bits per heavy atom. The first-order chi connectivity index (χ1) is 6.20. The molecule has 0 aliphatic carbocycles. The third-order valence-corrected chi connectivity index (χ3v) is 2.83. The van der Waals surface area contributed by atoms with Crippen molar-refractivity contribution in [1.82, 2.24) is 4.90 Å². The Labute approximate surface area is 80.9 Å². The van der Waals surface area contributed by atoms with Gasteiger partial charge in [0.2, 0.25) is 0 Å². The van der Waals surface area contributed by atoms with Gasteiger partial charge in [0.25, 0.3) is 0 Å². The van der Waals surface area contributed by atoms with Crippen LogP contribution in [0.15, 0.2) is 0 Å². The van der Waals surface area contributed by atoms with Gasteiger partial charge in [0.05, 0.1) is 12.1 Å². The van der Waals surface area contributed by atoms with Crippen molar-refractivity contribution in [2.75, 3.05) is 26.2 Å². The number of hydrogen-bond acceptors (Lipinski definition) is 3. The number of rotatable bonds is 4. The molecule has 1 unspecified atom stereocenters. The SMILES string of the molecule is CCCCN1CCCC(N)(CO)C1. The molecule has 0 radical (unpaired) electrons. The van der Waals surface area contributed by atoms with E-state index in [1.54, 1.807) is 0 Å². The van der Waals surface area contributed by atoms with E-state index in [4.69, 9.17) is 10.8 Å². The summed E-state index contributed by atoms with van der Waals surface area (Å²) in [5.74, 6) is 0. The highest BCUT2D eigenvalue weighted by atomic mass is 16.3. The first-order valence-corrected chi connectivity index (χ1v) is 5.32. The normalized spacial score (nSPS) is 30.7. The summed E-state index contributed by atoms with van der Waals surface area (Å²) in [6.45, 7) is 5.47. The van der Waals surface area contributed by atoms with Gasteiger partial charge in [0.15, 0.2) is 0 Å². The van der Waals surface area contributed by atoms with E-state index in [-0.39, 0.29) is 12.1 Å². The van der Waals surface area contributed by atoms with Crippen molar-refractivity contribution in [3.8, 4) is 0 Å². The van der Waals surface area contributed by atoms with Crippen LogP contribution in [0.4, 0.5) is 0 Å². The largest absolute Gasteiger partial charge is 0.394 e. The third-order valence-electron chi connectivity index (χ3n) is 2.83. The van der Waals surface area contributed by atoms with Crippen LogP contribution in [0.5, 0.6) is 0 Å². The molecule has 0 aromatic rings. The van der Waals surface area contributed by atoms with E-state index in [1.807, 2.05) is 0 Å². The molecule has 0 aromatic heterocycles. The fourth-order valence-corrected chi connectivity index (χ4v) is 1.96. The van der Waals surface area contributed by atoms with Gasteiger partial charge in [-0.25, -0.2) is 0 Å². The molecule has 13 heavy (non-hydrogen) atoms. The maximum absolute atomic E-state index is 9.14. The zero-order valence-corrected chi connectivity index (χ0v) is 8.63. The van der Waals surface area contributed by atoms with Crippen molar-refractivity contribution in [2.45, 2.75) is 38.1 Å². The summed E-state index contributed by atoms with van der Waals surface area (Å²) < 4.78 is 0. The van der Waals surface area contributed by atoms with Crippen molar-refractivity contribution >= 4 is 0 Å². The summed E-state index contributed by atoms with van der Waals surface area (Å²) >= 11 is 0. The van der Waals surface area contributed by atoms with E-state index < -0.39 is 0 Å². The predicted octanol–water partition coefficient (Wildman–Crippen LogP) is 0.572. The molecule has 3 heteroatoms. The van der Waals surface area contributed by atoms with Crippen molar-refractivity contribution in [3.63, 3.8) is 0 Å². The molecular weight excluding hydrogens is 164 g/mol. The quantitative estimate of drug-likeness (QED) is 0.675. The minimum Gasteiger partial charge on any atom is -0.394 e. The fourth-order valence-electron chi connectivity index (χ4n) is 1.96. The first-order valence-electron chi connectivity index (χ1n) is 5.32. The van der Waals surface area contributed by atoms with Crippen LogP contribution in [0.25, 0.3) is 0 Å². The first kappa shape index (κ1) is 11.0. The van der Waals surface area contributed by atoms with Crippen LogP contribution < -0.4 is 5.73 Å². The molecule has 1 atom stereocenters. The van der Waals surface area contributed by atoms with E-state index >= 15 is 0 Å². The Kier molecular flexibility index (Phi) is 4.16. The summed E-state index contributed by atoms with van der Waals surface area (Å²) in [5.41, 5.74) is 5.70. The summed E-state index contributed by atoms with van der Waals surface area (Å²) in [4.78, 5) is 2.38. The molecule has 1 aliphatic heterocycles. The number of likely N-dealkylation sites (tertiary alicyclic amines) is 1. The van der Waals surface area contributed by atoms with Gasteiger partial charge in [-0.3, -0.25) is 0 Å². The monoisotopic (exact) mass is 186 g/mol. The highest BCUT2D eigenvalue weighted by molar-refractivity contribution is 4.90. The van der Waals surface area contributed by atoms with Crippen molar-refractivity contribution in [2.24, 2.45) is 5.73 Å². The number of piperidine rings is 1. The number of unbranched alkanes of at least 4 members (excludes halogenated alkanes) is 1. The standard InChI is InChI=1S/C10H22N2O/c1-2-3-6-12-7-4-5-10(11,8-12)9-13/h13H,2-9,11H2,1H3. The summed E-state index contributed by atoms with van der Waals surface area (Å²) in [5, 5.41) is 9.14. The Hall–Kier alpha value is -0.120. The van der Waals surface area contributed by atoms with Gasteiger partial charge >= 0.3 is 0 Å². The lowest BCUT2D eigenvalue weighted by Gasteiger charge is -2.39. The van der Waals surface area contributed by atoms with Gasteiger partial charge in [-0.05, 0) is 32.4 Å². The highest BCUT2D eigenvalue weighted by Gasteiger charge is 2.30. The second-order valence-electron chi connectivity index (χ2n) is 4.25. The Bertz CT molecular complexity index is 152. The highest BCUT2D eigenvalue weighted by Crippen LogP contribution is 2.18. The molecule has 0 spiro atoms. The summed E-state index contributed by atoms with van der Waals surface area (Å²) in [6, 6.07) is 0. The third kappa shape index (κ3) is 3.25. The van der Waals surface area contributed by atoms with Gasteiger partial charge in [0, 0.05) is 6.54 Å². The van der Waals surface area contributed by atoms with Crippen molar-refractivity contribution < 1.29 is 5.11 Å². The topological polar surface area (TPSA) is 49.5 Å². The average molecular weight is 186 g/mol. The van der Waals surface area contributed by atoms with E-state index in [2.05, 4.69) is 11.8 Å². The van der Waals surface area contributed by atoms with Gasteiger partial charge in [0.1, 0.15) is 0 Å². The average Bonchev–Trinajstić information content (AvgIpc) is 2.15. The zero-order chi connectivity index (χ0) is 9.73. The van der Waals surface area contributed by atoms with E-state index in [0.717, 1.165) is 32.5 Å². The molecule has 0 saturated carbocycles. The van der Waals surface area contributed by atoms with Crippen LogP contribution in [0.2, 0.25) is 0 Å². The minimum atomic E-state index is -0.327. The molecule has 0 amide bonds. The van der Waals surface area contributed by atoms with Gasteiger partial charge in [-0.1, -0.05) is 13.3 Å².